The molecule has 3 heteroatoms. The highest BCUT2D eigenvalue weighted by Crippen LogP contribution is 2.48. The van der Waals surface area contributed by atoms with E-state index in [1.807, 2.05) is 0 Å². The predicted molar refractivity (Wildman–Crippen MR) is 68.4 cm³/mol. The Morgan fingerprint density at radius 3 is 1.33 bits per heavy atom. The average Bonchev–Trinajstić information content (AvgIpc) is 2.21. The molecule has 0 aromatic carbocycles. The van der Waals surface area contributed by atoms with Crippen LogP contribution in [0.2, 0.25) is 11.6 Å². The molecular formula is C12H28O2Si. The molecule has 0 heterocycles. The van der Waals surface area contributed by atoms with E-state index in [0.717, 1.165) is 32.5 Å². The molecule has 0 atom stereocenters. The minimum atomic E-state index is -2.03. The summed E-state index contributed by atoms with van der Waals surface area (Å²) in [6.07, 6.45) is 3.47. The quantitative estimate of drug-likeness (QED) is 0.587. The second-order valence-electron chi connectivity index (χ2n) is 4.15. The fourth-order valence-electron chi connectivity index (χ4n) is 2.61. The Balaban J connectivity index is 4.97. The van der Waals surface area contributed by atoms with Crippen LogP contribution >= 0.6 is 0 Å². The molecule has 0 saturated heterocycles. The van der Waals surface area contributed by atoms with Crippen molar-refractivity contribution in [1.82, 2.24) is 0 Å². The summed E-state index contributed by atoms with van der Waals surface area (Å²) in [5.74, 6) is 0. The van der Waals surface area contributed by atoms with Crippen LogP contribution in [0.25, 0.3) is 0 Å². The summed E-state index contributed by atoms with van der Waals surface area (Å²) in [5, 5.41) is 0.277. The van der Waals surface area contributed by atoms with E-state index in [2.05, 4.69) is 41.2 Å². The van der Waals surface area contributed by atoms with E-state index < -0.39 is 8.56 Å². The average molecular weight is 232 g/mol. The molecule has 0 radical (unpaired) electrons. The van der Waals surface area contributed by atoms with Gasteiger partial charge in [0.05, 0.1) is 0 Å². The highest BCUT2D eigenvalue weighted by Gasteiger charge is 2.50. The summed E-state index contributed by atoms with van der Waals surface area (Å²) in [6.45, 7) is 14.7. The van der Waals surface area contributed by atoms with Crippen LogP contribution in [-0.2, 0) is 8.85 Å². The number of hydrogen-bond donors (Lipinski definition) is 0. The van der Waals surface area contributed by atoms with Gasteiger partial charge in [-0.1, -0.05) is 20.8 Å². The van der Waals surface area contributed by atoms with E-state index in [1.165, 1.54) is 0 Å². The largest absolute Gasteiger partial charge is 0.394 e. The van der Waals surface area contributed by atoms with Gasteiger partial charge in [-0.3, -0.25) is 0 Å². The Kier molecular flexibility index (Phi) is 6.72. The standard InChI is InChI=1S/C12H28O2Si/c1-7-12(8-2,9-3)15(6,13-10-4)14-11-5/h7-11H2,1-6H3. The van der Waals surface area contributed by atoms with Crippen molar-refractivity contribution in [3.63, 3.8) is 0 Å². The Morgan fingerprint density at radius 1 is 0.800 bits per heavy atom. The van der Waals surface area contributed by atoms with Crippen molar-refractivity contribution < 1.29 is 8.85 Å². The molecule has 0 unspecified atom stereocenters. The smallest absolute Gasteiger partial charge is 0.341 e. The van der Waals surface area contributed by atoms with Crippen molar-refractivity contribution in [3.8, 4) is 0 Å². The molecule has 0 spiro atoms. The third kappa shape index (κ3) is 3.05. The van der Waals surface area contributed by atoms with Gasteiger partial charge in [0.2, 0.25) is 0 Å². The zero-order valence-electron chi connectivity index (χ0n) is 11.4. The van der Waals surface area contributed by atoms with Gasteiger partial charge in [0.25, 0.3) is 0 Å². The predicted octanol–water partition coefficient (Wildman–Crippen LogP) is 4.10. The van der Waals surface area contributed by atoms with Gasteiger partial charge in [0.15, 0.2) is 0 Å². The van der Waals surface area contributed by atoms with E-state index in [4.69, 9.17) is 8.85 Å². The van der Waals surface area contributed by atoms with E-state index in [-0.39, 0.29) is 5.04 Å². The maximum absolute atomic E-state index is 6.02. The van der Waals surface area contributed by atoms with Gasteiger partial charge < -0.3 is 8.85 Å². The topological polar surface area (TPSA) is 18.5 Å². The molecule has 0 aliphatic carbocycles. The molecular weight excluding hydrogens is 204 g/mol. The fraction of sp³-hybridized carbons (Fsp3) is 1.00. The molecule has 0 fully saturated rings. The van der Waals surface area contributed by atoms with Gasteiger partial charge in [-0.15, -0.1) is 0 Å². The Morgan fingerprint density at radius 2 is 1.13 bits per heavy atom. The first-order valence-electron chi connectivity index (χ1n) is 6.33. The maximum Gasteiger partial charge on any atom is 0.341 e. The van der Waals surface area contributed by atoms with Gasteiger partial charge >= 0.3 is 8.56 Å². The molecule has 0 N–H and O–H groups in total. The van der Waals surface area contributed by atoms with Crippen LogP contribution < -0.4 is 0 Å². The second-order valence-corrected chi connectivity index (χ2v) is 7.68. The maximum atomic E-state index is 6.02. The minimum absolute atomic E-state index is 0.277. The van der Waals surface area contributed by atoms with Gasteiger partial charge in [0, 0.05) is 18.3 Å². The molecule has 2 nitrogen and oxygen atoms in total. The van der Waals surface area contributed by atoms with Crippen molar-refractivity contribution in [1.29, 1.82) is 0 Å². The summed E-state index contributed by atoms with van der Waals surface area (Å²) in [6, 6.07) is 0. The van der Waals surface area contributed by atoms with Crippen molar-refractivity contribution in [2.75, 3.05) is 13.2 Å². The first-order chi connectivity index (χ1) is 7.05. The van der Waals surface area contributed by atoms with Crippen LogP contribution in [0.1, 0.15) is 53.9 Å². The summed E-state index contributed by atoms with van der Waals surface area (Å²) >= 11 is 0. The van der Waals surface area contributed by atoms with Crippen molar-refractivity contribution in [2.24, 2.45) is 0 Å². The lowest BCUT2D eigenvalue weighted by molar-refractivity contribution is 0.151. The van der Waals surface area contributed by atoms with Crippen LogP contribution in [0.15, 0.2) is 0 Å². The van der Waals surface area contributed by atoms with E-state index in [1.54, 1.807) is 0 Å². The van der Waals surface area contributed by atoms with E-state index in [0.29, 0.717) is 0 Å². The normalized spacial score (nSPS) is 13.2. The molecule has 0 bridgehead atoms. The van der Waals surface area contributed by atoms with E-state index >= 15 is 0 Å². The van der Waals surface area contributed by atoms with Gasteiger partial charge in [-0.2, -0.15) is 0 Å². The van der Waals surface area contributed by atoms with Gasteiger partial charge in [-0.25, -0.2) is 0 Å². The van der Waals surface area contributed by atoms with Crippen LogP contribution in [0.5, 0.6) is 0 Å². The minimum Gasteiger partial charge on any atom is -0.394 e. The first kappa shape index (κ1) is 15.1. The molecule has 0 aromatic heterocycles. The van der Waals surface area contributed by atoms with Crippen LogP contribution in [-0.4, -0.2) is 21.8 Å². The zero-order valence-corrected chi connectivity index (χ0v) is 12.4. The highest BCUT2D eigenvalue weighted by atomic mass is 28.4. The van der Waals surface area contributed by atoms with Gasteiger partial charge in [0.1, 0.15) is 0 Å². The lowest BCUT2D eigenvalue weighted by atomic mass is 9.99. The van der Waals surface area contributed by atoms with Crippen LogP contribution in [0.3, 0.4) is 0 Å². The lowest BCUT2D eigenvalue weighted by Gasteiger charge is -2.44. The zero-order chi connectivity index (χ0) is 11.9. The number of rotatable bonds is 8. The SMILES string of the molecule is CCO[Si](C)(OCC)C(CC)(CC)CC. The Hall–Kier alpha value is 0.137. The summed E-state index contributed by atoms with van der Waals surface area (Å²) < 4.78 is 12.0. The molecule has 0 aliphatic rings. The van der Waals surface area contributed by atoms with Crippen molar-refractivity contribution in [2.45, 2.75) is 65.5 Å². The molecule has 0 amide bonds. The molecule has 0 saturated carbocycles. The Labute approximate surface area is 96.6 Å². The summed E-state index contributed by atoms with van der Waals surface area (Å²) in [7, 11) is -2.03. The number of hydrogen-bond acceptors (Lipinski definition) is 2. The van der Waals surface area contributed by atoms with Crippen molar-refractivity contribution >= 4 is 8.56 Å². The monoisotopic (exact) mass is 232 g/mol. The summed E-state index contributed by atoms with van der Waals surface area (Å²) in [4.78, 5) is 0. The second kappa shape index (κ2) is 6.66. The summed E-state index contributed by atoms with van der Waals surface area (Å²) in [5.41, 5.74) is 0. The molecule has 15 heavy (non-hydrogen) atoms. The third-order valence-electron chi connectivity index (χ3n) is 3.83. The third-order valence-corrected chi connectivity index (χ3v) is 8.50. The van der Waals surface area contributed by atoms with Crippen LogP contribution in [0.4, 0.5) is 0 Å². The fourth-order valence-corrected chi connectivity index (χ4v) is 6.34. The van der Waals surface area contributed by atoms with Gasteiger partial charge in [-0.05, 0) is 39.7 Å². The molecule has 92 valence electrons. The molecule has 0 aliphatic heterocycles. The molecule has 0 aromatic rings. The van der Waals surface area contributed by atoms with Crippen LogP contribution in [0, 0.1) is 0 Å². The van der Waals surface area contributed by atoms with Crippen molar-refractivity contribution in [3.05, 3.63) is 0 Å². The first-order valence-corrected chi connectivity index (χ1v) is 8.65. The molecule has 0 rings (SSSR count). The lowest BCUT2D eigenvalue weighted by Crippen LogP contribution is -2.50. The van der Waals surface area contributed by atoms with E-state index in [9.17, 15) is 0 Å². The highest BCUT2D eigenvalue weighted by molar-refractivity contribution is 6.69. The Bertz CT molecular complexity index is 153.